The SMILES string of the molecule is Cn1ccc([C@@H]2CCCN(C(=O)C3c4ccccc4Oc4ccccc43)C2)n1. The maximum atomic E-state index is 13.7. The molecule has 1 amide bonds. The summed E-state index contributed by atoms with van der Waals surface area (Å²) in [6, 6.07) is 17.8. The average molecular weight is 373 g/mol. The van der Waals surface area contributed by atoms with Crippen molar-refractivity contribution in [3.63, 3.8) is 0 Å². The Bertz CT molecular complexity index is 980. The predicted molar refractivity (Wildman–Crippen MR) is 107 cm³/mol. The summed E-state index contributed by atoms with van der Waals surface area (Å²) in [5.41, 5.74) is 2.98. The highest BCUT2D eigenvalue weighted by atomic mass is 16.5. The average Bonchev–Trinajstić information content (AvgIpc) is 3.18. The van der Waals surface area contributed by atoms with Gasteiger partial charge in [0.1, 0.15) is 11.5 Å². The van der Waals surface area contributed by atoms with Crippen LogP contribution < -0.4 is 4.74 Å². The number of hydrogen-bond acceptors (Lipinski definition) is 3. The molecule has 3 aromatic rings. The lowest BCUT2D eigenvalue weighted by atomic mass is 9.85. The van der Waals surface area contributed by atoms with E-state index >= 15 is 0 Å². The van der Waals surface area contributed by atoms with Gasteiger partial charge in [-0.05, 0) is 31.0 Å². The van der Waals surface area contributed by atoms with Crippen LogP contribution in [0.1, 0.15) is 41.5 Å². The van der Waals surface area contributed by atoms with Crippen molar-refractivity contribution < 1.29 is 9.53 Å². The number of aromatic nitrogens is 2. The number of aryl methyl sites for hydroxylation is 1. The van der Waals surface area contributed by atoms with Gasteiger partial charge in [0.15, 0.2) is 0 Å². The van der Waals surface area contributed by atoms with Gasteiger partial charge in [0.2, 0.25) is 5.91 Å². The van der Waals surface area contributed by atoms with E-state index in [0.29, 0.717) is 5.92 Å². The molecular weight excluding hydrogens is 350 g/mol. The van der Waals surface area contributed by atoms with Crippen molar-refractivity contribution in [2.45, 2.75) is 24.7 Å². The van der Waals surface area contributed by atoms with Crippen LogP contribution in [-0.4, -0.2) is 33.7 Å². The molecule has 1 atom stereocenters. The van der Waals surface area contributed by atoms with Crippen LogP contribution in [-0.2, 0) is 11.8 Å². The highest BCUT2D eigenvalue weighted by molar-refractivity contribution is 5.89. The molecule has 3 heterocycles. The zero-order valence-corrected chi connectivity index (χ0v) is 15.9. The van der Waals surface area contributed by atoms with E-state index in [-0.39, 0.29) is 11.8 Å². The Kier molecular flexibility index (Phi) is 4.15. The number of carbonyl (C=O) groups excluding carboxylic acids is 1. The second-order valence-electron chi connectivity index (χ2n) is 7.65. The molecule has 0 unspecified atom stereocenters. The Morgan fingerprint density at radius 1 is 1.04 bits per heavy atom. The van der Waals surface area contributed by atoms with Crippen molar-refractivity contribution in [3.05, 3.63) is 77.6 Å². The third-order valence-electron chi connectivity index (χ3n) is 5.81. The van der Waals surface area contributed by atoms with Crippen LogP contribution in [0.4, 0.5) is 0 Å². The first kappa shape index (κ1) is 17.0. The molecule has 28 heavy (non-hydrogen) atoms. The lowest BCUT2D eigenvalue weighted by Crippen LogP contribution is -2.42. The van der Waals surface area contributed by atoms with Gasteiger partial charge in [-0.1, -0.05) is 36.4 Å². The largest absolute Gasteiger partial charge is 0.457 e. The fourth-order valence-corrected chi connectivity index (χ4v) is 4.43. The lowest BCUT2D eigenvalue weighted by molar-refractivity contribution is -0.133. The fraction of sp³-hybridized carbons (Fsp3) is 0.304. The molecule has 0 saturated carbocycles. The summed E-state index contributed by atoms with van der Waals surface area (Å²) in [6.07, 6.45) is 4.04. The van der Waals surface area contributed by atoms with Gasteiger partial charge in [-0.25, -0.2) is 0 Å². The molecular formula is C23H23N3O2. The molecule has 5 rings (SSSR count). The summed E-state index contributed by atoms with van der Waals surface area (Å²) in [6.45, 7) is 1.52. The number of rotatable bonds is 2. The number of likely N-dealkylation sites (tertiary alicyclic amines) is 1. The quantitative estimate of drug-likeness (QED) is 0.680. The molecule has 1 aromatic heterocycles. The molecule has 0 N–H and O–H groups in total. The zero-order chi connectivity index (χ0) is 19.1. The Labute approximate surface area is 164 Å². The van der Waals surface area contributed by atoms with Crippen molar-refractivity contribution in [3.8, 4) is 11.5 Å². The Morgan fingerprint density at radius 3 is 2.36 bits per heavy atom. The van der Waals surface area contributed by atoms with Gasteiger partial charge in [-0.3, -0.25) is 9.48 Å². The maximum Gasteiger partial charge on any atom is 0.234 e. The number of para-hydroxylation sites is 2. The number of amides is 1. The molecule has 0 aliphatic carbocycles. The molecule has 5 heteroatoms. The third-order valence-corrected chi connectivity index (χ3v) is 5.81. The van der Waals surface area contributed by atoms with Gasteiger partial charge in [0.25, 0.3) is 0 Å². The van der Waals surface area contributed by atoms with E-state index < -0.39 is 0 Å². The molecule has 1 saturated heterocycles. The van der Waals surface area contributed by atoms with Crippen LogP contribution in [0.25, 0.3) is 0 Å². The van der Waals surface area contributed by atoms with Gasteiger partial charge in [0, 0.05) is 43.4 Å². The van der Waals surface area contributed by atoms with Crippen molar-refractivity contribution in [2.24, 2.45) is 7.05 Å². The zero-order valence-electron chi connectivity index (χ0n) is 15.9. The summed E-state index contributed by atoms with van der Waals surface area (Å²) < 4.78 is 7.89. The van der Waals surface area contributed by atoms with Gasteiger partial charge < -0.3 is 9.64 Å². The normalized spacial score (nSPS) is 18.9. The van der Waals surface area contributed by atoms with E-state index in [4.69, 9.17) is 4.74 Å². The van der Waals surface area contributed by atoms with Crippen molar-refractivity contribution in [1.29, 1.82) is 0 Å². The van der Waals surface area contributed by atoms with Crippen LogP contribution in [0.5, 0.6) is 11.5 Å². The van der Waals surface area contributed by atoms with E-state index in [1.807, 2.05) is 71.4 Å². The first-order valence-corrected chi connectivity index (χ1v) is 9.85. The fourth-order valence-electron chi connectivity index (χ4n) is 4.43. The summed E-state index contributed by atoms with van der Waals surface area (Å²) in [7, 11) is 1.94. The van der Waals surface area contributed by atoms with Crippen molar-refractivity contribution in [2.75, 3.05) is 13.1 Å². The summed E-state index contributed by atoms with van der Waals surface area (Å²) >= 11 is 0. The van der Waals surface area contributed by atoms with E-state index in [1.54, 1.807) is 0 Å². The van der Waals surface area contributed by atoms with Crippen molar-refractivity contribution >= 4 is 5.91 Å². The predicted octanol–water partition coefficient (Wildman–Crippen LogP) is 4.06. The molecule has 2 aliphatic rings. The van der Waals surface area contributed by atoms with Gasteiger partial charge >= 0.3 is 0 Å². The minimum absolute atomic E-state index is 0.156. The summed E-state index contributed by atoms with van der Waals surface area (Å²) in [5, 5.41) is 4.57. The lowest BCUT2D eigenvalue weighted by Gasteiger charge is -2.36. The smallest absolute Gasteiger partial charge is 0.234 e. The van der Waals surface area contributed by atoms with Gasteiger partial charge in [-0.15, -0.1) is 0 Å². The topological polar surface area (TPSA) is 47.4 Å². The molecule has 142 valence electrons. The third kappa shape index (κ3) is 2.87. The monoisotopic (exact) mass is 373 g/mol. The Morgan fingerprint density at radius 2 is 1.71 bits per heavy atom. The van der Waals surface area contributed by atoms with E-state index in [1.165, 1.54) is 0 Å². The number of hydrogen-bond donors (Lipinski definition) is 0. The Hall–Kier alpha value is -3.08. The molecule has 0 spiro atoms. The van der Waals surface area contributed by atoms with E-state index in [2.05, 4.69) is 11.2 Å². The number of nitrogens with zero attached hydrogens (tertiary/aromatic N) is 3. The number of fused-ring (bicyclic) bond motifs is 2. The van der Waals surface area contributed by atoms with Crippen molar-refractivity contribution in [1.82, 2.24) is 14.7 Å². The minimum Gasteiger partial charge on any atom is -0.457 e. The summed E-state index contributed by atoms with van der Waals surface area (Å²) in [5.74, 6) is 1.69. The van der Waals surface area contributed by atoms with Crippen LogP contribution in [0, 0.1) is 0 Å². The van der Waals surface area contributed by atoms with Crippen LogP contribution >= 0.6 is 0 Å². The molecule has 2 aromatic carbocycles. The first-order valence-electron chi connectivity index (χ1n) is 9.85. The van der Waals surface area contributed by atoms with E-state index in [9.17, 15) is 4.79 Å². The Balaban J connectivity index is 1.48. The number of carbonyl (C=O) groups is 1. The van der Waals surface area contributed by atoms with Gasteiger partial charge in [0.05, 0.1) is 11.6 Å². The maximum absolute atomic E-state index is 13.7. The van der Waals surface area contributed by atoms with E-state index in [0.717, 1.165) is 54.3 Å². The number of benzene rings is 2. The number of piperidine rings is 1. The molecule has 2 aliphatic heterocycles. The van der Waals surface area contributed by atoms with Crippen LogP contribution in [0.15, 0.2) is 60.8 Å². The summed E-state index contributed by atoms with van der Waals surface area (Å²) in [4.78, 5) is 15.7. The van der Waals surface area contributed by atoms with Crippen LogP contribution in [0.3, 0.4) is 0 Å². The highest BCUT2D eigenvalue weighted by Gasteiger charge is 2.37. The number of ether oxygens (including phenoxy) is 1. The molecule has 5 nitrogen and oxygen atoms in total. The second-order valence-corrected chi connectivity index (χ2v) is 7.65. The van der Waals surface area contributed by atoms with Crippen LogP contribution in [0.2, 0.25) is 0 Å². The minimum atomic E-state index is -0.316. The highest BCUT2D eigenvalue weighted by Crippen LogP contribution is 2.45. The molecule has 1 fully saturated rings. The molecule has 0 bridgehead atoms. The first-order chi connectivity index (χ1) is 13.7. The molecule has 0 radical (unpaired) electrons. The standard InChI is InChI=1S/C23H23N3O2/c1-25-14-12-19(24-25)16-7-6-13-26(15-16)23(27)22-17-8-2-4-10-20(17)28-21-11-5-3-9-18(21)22/h2-5,8-12,14,16,22H,6-7,13,15H2,1H3/t16-/m1/s1. The second kappa shape index (κ2) is 6.82. The van der Waals surface area contributed by atoms with Gasteiger partial charge in [-0.2, -0.15) is 5.10 Å².